The summed E-state index contributed by atoms with van der Waals surface area (Å²) in [5.74, 6) is 0.667. The van der Waals surface area contributed by atoms with Gasteiger partial charge in [0.2, 0.25) is 5.91 Å². The standard InChI is InChI=1S/C16H30N6OS/c1-8-17-14(22(7)10-13(23)20-16(2,3)4)18-9-12-11-24-15(19-12)21(5)6/h11H,8-10H2,1-7H3,(H,17,18)(H,20,23). The summed E-state index contributed by atoms with van der Waals surface area (Å²) in [6, 6.07) is 0. The molecule has 0 atom stereocenters. The van der Waals surface area contributed by atoms with Crippen LogP contribution in [-0.2, 0) is 11.3 Å². The number of rotatable bonds is 6. The van der Waals surface area contributed by atoms with Crippen LogP contribution in [0.15, 0.2) is 10.4 Å². The zero-order valence-electron chi connectivity index (χ0n) is 15.8. The van der Waals surface area contributed by atoms with Crippen LogP contribution in [0.4, 0.5) is 5.13 Å². The maximum Gasteiger partial charge on any atom is 0.240 e. The Morgan fingerprint density at radius 1 is 1.33 bits per heavy atom. The van der Waals surface area contributed by atoms with E-state index in [0.717, 1.165) is 17.4 Å². The minimum absolute atomic E-state index is 0.0286. The summed E-state index contributed by atoms with van der Waals surface area (Å²) < 4.78 is 0. The summed E-state index contributed by atoms with van der Waals surface area (Å²) in [4.78, 5) is 25.0. The fourth-order valence-corrected chi connectivity index (χ4v) is 2.70. The van der Waals surface area contributed by atoms with Crippen LogP contribution in [0.2, 0.25) is 0 Å². The molecule has 0 aromatic carbocycles. The number of aromatic nitrogens is 1. The Labute approximate surface area is 149 Å². The number of hydrogen-bond acceptors (Lipinski definition) is 5. The average molecular weight is 355 g/mol. The van der Waals surface area contributed by atoms with Gasteiger partial charge in [-0.3, -0.25) is 4.79 Å². The van der Waals surface area contributed by atoms with Crippen molar-refractivity contribution in [3.63, 3.8) is 0 Å². The minimum Gasteiger partial charge on any atom is -0.357 e. The van der Waals surface area contributed by atoms with Crippen LogP contribution in [0.5, 0.6) is 0 Å². The van der Waals surface area contributed by atoms with E-state index in [1.807, 2.05) is 64.0 Å². The third-order valence-electron chi connectivity index (χ3n) is 2.90. The largest absolute Gasteiger partial charge is 0.357 e. The molecule has 2 N–H and O–H groups in total. The number of hydrogen-bond donors (Lipinski definition) is 2. The molecule has 1 amide bonds. The zero-order chi connectivity index (χ0) is 18.3. The number of likely N-dealkylation sites (N-methyl/N-ethyl adjacent to an activating group) is 1. The zero-order valence-corrected chi connectivity index (χ0v) is 16.6. The fourth-order valence-electron chi connectivity index (χ4n) is 1.95. The Morgan fingerprint density at radius 2 is 2.00 bits per heavy atom. The van der Waals surface area contributed by atoms with Gasteiger partial charge in [0.25, 0.3) is 0 Å². The van der Waals surface area contributed by atoms with Crippen LogP contribution in [0.25, 0.3) is 0 Å². The van der Waals surface area contributed by atoms with Crippen molar-refractivity contribution in [1.29, 1.82) is 0 Å². The van der Waals surface area contributed by atoms with E-state index in [1.54, 1.807) is 11.3 Å². The molecule has 0 unspecified atom stereocenters. The molecule has 0 saturated carbocycles. The number of amides is 1. The first-order valence-corrected chi connectivity index (χ1v) is 8.92. The third-order valence-corrected chi connectivity index (χ3v) is 3.96. The summed E-state index contributed by atoms with van der Waals surface area (Å²) in [6.07, 6.45) is 0. The normalized spacial score (nSPS) is 12.0. The van der Waals surface area contributed by atoms with Gasteiger partial charge >= 0.3 is 0 Å². The molecule has 0 saturated heterocycles. The predicted octanol–water partition coefficient (Wildman–Crippen LogP) is 1.52. The maximum absolute atomic E-state index is 12.1. The molecule has 0 aliphatic rings. The minimum atomic E-state index is -0.239. The molecule has 0 fully saturated rings. The lowest BCUT2D eigenvalue weighted by Crippen LogP contribution is -2.48. The van der Waals surface area contributed by atoms with Gasteiger partial charge in [-0.25, -0.2) is 9.98 Å². The molecule has 1 rings (SSSR count). The van der Waals surface area contributed by atoms with Gasteiger partial charge in [0.1, 0.15) is 0 Å². The smallest absolute Gasteiger partial charge is 0.240 e. The molecule has 0 spiro atoms. The highest BCUT2D eigenvalue weighted by Gasteiger charge is 2.16. The van der Waals surface area contributed by atoms with Gasteiger partial charge in [-0.05, 0) is 27.7 Å². The Balaban J connectivity index is 2.71. The Hall–Kier alpha value is -1.83. The summed E-state index contributed by atoms with van der Waals surface area (Å²) in [6.45, 7) is 9.38. The maximum atomic E-state index is 12.1. The van der Waals surface area contributed by atoms with Crippen molar-refractivity contribution >= 4 is 28.3 Å². The van der Waals surface area contributed by atoms with Gasteiger partial charge in [-0.15, -0.1) is 11.3 Å². The molecule has 24 heavy (non-hydrogen) atoms. The highest BCUT2D eigenvalue weighted by atomic mass is 32.1. The van der Waals surface area contributed by atoms with Crippen molar-refractivity contribution in [2.75, 3.05) is 39.1 Å². The Bertz CT molecular complexity index is 561. The van der Waals surface area contributed by atoms with Crippen LogP contribution in [0.1, 0.15) is 33.4 Å². The van der Waals surface area contributed by atoms with Crippen molar-refractivity contribution in [1.82, 2.24) is 20.5 Å². The lowest BCUT2D eigenvalue weighted by Gasteiger charge is -2.25. The Kier molecular flexibility index (Phi) is 7.47. The third kappa shape index (κ3) is 7.16. The van der Waals surface area contributed by atoms with E-state index in [-0.39, 0.29) is 18.0 Å². The summed E-state index contributed by atoms with van der Waals surface area (Å²) in [7, 11) is 5.80. The molecular formula is C16H30N6OS. The highest BCUT2D eigenvalue weighted by molar-refractivity contribution is 7.13. The lowest BCUT2D eigenvalue weighted by molar-refractivity contribution is -0.122. The molecule has 1 heterocycles. The van der Waals surface area contributed by atoms with Gasteiger partial charge in [0.05, 0.1) is 18.8 Å². The van der Waals surface area contributed by atoms with E-state index in [4.69, 9.17) is 0 Å². The number of nitrogens with one attached hydrogen (secondary N) is 2. The number of guanidine groups is 1. The first-order chi connectivity index (χ1) is 11.1. The van der Waals surface area contributed by atoms with Crippen LogP contribution >= 0.6 is 11.3 Å². The monoisotopic (exact) mass is 354 g/mol. The summed E-state index contributed by atoms with van der Waals surface area (Å²) in [5.41, 5.74) is 0.683. The van der Waals surface area contributed by atoms with Crippen LogP contribution in [-0.4, -0.2) is 61.5 Å². The van der Waals surface area contributed by atoms with E-state index >= 15 is 0 Å². The van der Waals surface area contributed by atoms with E-state index in [0.29, 0.717) is 12.5 Å². The van der Waals surface area contributed by atoms with Gasteiger partial charge < -0.3 is 20.4 Å². The van der Waals surface area contributed by atoms with Crippen LogP contribution < -0.4 is 15.5 Å². The van der Waals surface area contributed by atoms with Crippen molar-refractivity contribution in [2.45, 2.75) is 39.8 Å². The summed E-state index contributed by atoms with van der Waals surface area (Å²) >= 11 is 1.60. The van der Waals surface area contributed by atoms with Gasteiger partial charge in [0, 0.05) is 38.6 Å². The summed E-state index contributed by atoms with van der Waals surface area (Å²) in [5, 5.41) is 9.14. The number of carbonyl (C=O) groups is 1. The molecule has 1 aromatic heterocycles. The van der Waals surface area contributed by atoms with Crippen LogP contribution in [0, 0.1) is 0 Å². The van der Waals surface area contributed by atoms with Crippen molar-refractivity contribution < 1.29 is 4.79 Å². The molecule has 0 aliphatic heterocycles. The van der Waals surface area contributed by atoms with E-state index in [1.165, 1.54) is 0 Å². The number of anilines is 1. The van der Waals surface area contributed by atoms with Crippen LogP contribution in [0.3, 0.4) is 0 Å². The van der Waals surface area contributed by atoms with Crippen molar-refractivity contribution in [3.05, 3.63) is 11.1 Å². The molecular weight excluding hydrogens is 324 g/mol. The molecule has 0 bridgehead atoms. The van der Waals surface area contributed by atoms with E-state index in [9.17, 15) is 4.79 Å². The van der Waals surface area contributed by atoms with E-state index < -0.39 is 0 Å². The van der Waals surface area contributed by atoms with Gasteiger partial charge in [-0.2, -0.15) is 0 Å². The second-order valence-electron chi connectivity index (χ2n) is 6.84. The first kappa shape index (κ1) is 20.2. The number of thiazole rings is 1. The van der Waals surface area contributed by atoms with Crippen molar-refractivity contribution in [3.8, 4) is 0 Å². The molecule has 7 nitrogen and oxygen atoms in total. The van der Waals surface area contributed by atoms with Gasteiger partial charge in [0.15, 0.2) is 11.1 Å². The lowest BCUT2D eigenvalue weighted by atomic mass is 10.1. The topological polar surface area (TPSA) is 72.9 Å². The SMILES string of the molecule is CCNC(=NCc1csc(N(C)C)n1)N(C)CC(=O)NC(C)(C)C. The molecule has 1 aromatic rings. The van der Waals surface area contributed by atoms with E-state index in [2.05, 4.69) is 20.6 Å². The first-order valence-electron chi connectivity index (χ1n) is 8.04. The molecule has 8 heteroatoms. The predicted molar refractivity (Wildman–Crippen MR) is 102 cm³/mol. The number of carbonyl (C=O) groups excluding carboxylic acids is 1. The Morgan fingerprint density at radius 3 is 2.50 bits per heavy atom. The fraction of sp³-hybridized carbons (Fsp3) is 0.688. The molecule has 0 aliphatic carbocycles. The second-order valence-corrected chi connectivity index (χ2v) is 7.68. The highest BCUT2D eigenvalue weighted by Crippen LogP contribution is 2.18. The molecule has 0 radical (unpaired) electrons. The number of nitrogens with zero attached hydrogens (tertiary/aromatic N) is 4. The second kappa shape index (κ2) is 8.86. The van der Waals surface area contributed by atoms with Crippen molar-refractivity contribution in [2.24, 2.45) is 4.99 Å². The average Bonchev–Trinajstić information content (AvgIpc) is 2.90. The number of aliphatic imine (C=N–C) groups is 1. The molecule has 136 valence electrons. The quantitative estimate of drug-likeness (QED) is 0.599. The van der Waals surface area contributed by atoms with Gasteiger partial charge in [-0.1, -0.05) is 0 Å².